The van der Waals surface area contributed by atoms with Crippen LogP contribution in [0.2, 0.25) is 0 Å². The van der Waals surface area contributed by atoms with E-state index >= 15 is 0 Å². The summed E-state index contributed by atoms with van der Waals surface area (Å²) in [6.07, 6.45) is 6.49. The molecule has 1 amide bonds. The highest BCUT2D eigenvalue weighted by Crippen LogP contribution is 2.21. The maximum absolute atomic E-state index is 12.1. The normalized spacial score (nSPS) is 17.2. The molecule has 0 radical (unpaired) electrons. The van der Waals surface area contributed by atoms with Gasteiger partial charge in [0.15, 0.2) is 0 Å². The fraction of sp³-hybridized carbons (Fsp3) is 0.250. The Kier molecular flexibility index (Phi) is 4.38. The highest BCUT2D eigenvalue weighted by molar-refractivity contribution is 5.91. The molecule has 1 unspecified atom stereocenters. The Balaban J connectivity index is 1.57. The van der Waals surface area contributed by atoms with Gasteiger partial charge in [-0.05, 0) is 49.0 Å². The average molecular weight is 291 g/mol. The van der Waals surface area contributed by atoms with Crippen molar-refractivity contribution in [2.24, 2.45) is 0 Å². The summed E-state index contributed by atoms with van der Waals surface area (Å²) in [5.74, 6) is -0.00930. The van der Waals surface area contributed by atoms with Crippen molar-refractivity contribution in [3.63, 3.8) is 0 Å². The number of aryl methyl sites for hydroxylation is 2. The molecule has 0 spiro atoms. The number of nitrogens with one attached hydrogen (secondary N) is 1. The van der Waals surface area contributed by atoms with Gasteiger partial charge in [0, 0.05) is 12.1 Å². The summed E-state index contributed by atoms with van der Waals surface area (Å²) in [6, 6.07) is 16.9. The first-order valence-electron chi connectivity index (χ1n) is 7.83. The summed E-state index contributed by atoms with van der Waals surface area (Å²) < 4.78 is 0. The molecule has 2 nitrogen and oxygen atoms in total. The second kappa shape index (κ2) is 6.61. The number of amides is 1. The zero-order valence-corrected chi connectivity index (χ0v) is 12.9. The lowest BCUT2D eigenvalue weighted by Crippen LogP contribution is -2.37. The van der Waals surface area contributed by atoms with E-state index in [0.29, 0.717) is 0 Å². The second-order valence-corrected chi connectivity index (χ2v) is 5.96. The van der Waals surface area contributed by atoms with E-state index in [2.05, 4.69) is 48.6 Å². The zero-order chi connectivity index (χ0) is 15.4. The number of hydrogen-bond donors (Lipinski definition) is 1. The summed E-state index contributed by atoms with van der Waals surface area (Å²) in [5.41, 5.74) is 5.06. The van der Waals surface area contributed by atoms with Gasteiger partial charge in [-0.25, -0.2) is 0 Å². The minimum Gasteiger partial charge on any atom is -0.349 e. The molecule has 2 heteroatoms. The van der Waals surface area contributed by atoms with Gasteiger partial charge in [0.25, 0.3) is 0 Å². The highest BCUT2D eigenvalue weighted by Gasteiger charge is 2.18. The van der Waals surface area contributed by atoms with Gasteiger partial charge >= 0.3 is 0 Å². The van der Waals surface area contributed by atoms with E-state index in [-0.39, 0.29) is 11.9 Å². The Hall–Kier alpha value is -2.35. The Labute approximate surface area is 131 Å². The van der Waals surface area contributed by atoms with E-state index in [1.54, 1.807) is 6.08 Å². The summed E-state index contributed by atoms with van der Waals surface area (Å²) in [7, 11) is 0. The number of benzene rings is 2. The standard InChI is InChI=1S/C20H21NO/c1-15-6-8-16(9-7-15)10-13-20(22)21-19-12-11-17-4-2-3-5-18(17)14-19/h2-10,13,19H,11-12,14H2,1H3,(H,21,22)/b13-10+. The Bertz CT molecular complexity index is 685. The Morgan fingerprint density at radius 1 is 1.09 bits per heavy atom. The Morgan fingerprint density at radius 3 is 2.59 bits per heavy atom. The van der Waals surface area contributed by atoms with Gasteiger partial charge in [-0.3, -0.25) is 4.79 Å². The zero-order valence-electron chi connectivity index (χ0n) is 12.9. The van der Waals surface area contributed by atoms with Crippen molar-refractivity contribution in [3.8, 4) is 0 Å². The molecule has 22 heavy (non-hydrogen) atoms. The summed E-state index contributed by atoms with van der Waals surface area (Å²) >= 11 is 0. The quantitative estimate of drug-likeness (QED) is 0.859. The van der Waals surface area contributed by atoms with E-state index in [1.807, 2.05) is 18.2 Å². The van der Waals surface area contributed by atoms with Crippen LogP contribution < -0.4 is 5.32 Å². The molecule has 0 aromatic heterocycles. The third kappa shape index (κ3) is 3.64. The maximum Gasteiger partial charge on any atom is 0.244 e. The number of carbonyl (C=O) groups excluding carboxylic acids is 1. The lowest BCUT2D eigenvalue weighted by Gasteiger charge is -2.24. The monoisotopic (exact) mass is 291 g/mol. The molecule has 0 aliphatic heterocycles. The first-order valence-corrected chi connectivity index (χ1v) is 7.83. The van der Waals surface area contributed by atoms with Crippen LogP contribution in [0.4, 0.5) is 0 Å². The number of fused-ring (bicyclic) bond motifs is 1. The van der Waals surface area contributed by atoms with Crippen LogP contribution in [-0.4, -0.2) is 11.9 Å². The molecule has 0 fully saturated rings. The number of carbonyl (C=O) groups is 1. The van der Waals surface area contributed by atoms with Crippen molar-refractivity contribution in [2.45, 2.75) is 32.2 Å². The van der Waals surface area contributed by atoms with E-state index < -0.39 is 0 Å². The average Bonchev–Trinajstić information content (AvgIpc) is 2.54. The minimum atomic E-state index is -0.00930. The summed E-state index contributed by atoms with van der Waals surface area (Å²) in [5, 5.41) is 3.12. The summed E-state index contributed by atoms with van der Waals surface area (Å²) in [4.78, 5) is 12.1. The van der Waals surface area contributed by atoms with E-state index in [4.69, 9.17) is 0 Å². The van der Waals surface area contributed by atoms with Crippen molar-refractivity contribution < 1.29 is 4.79 Å². The predicted molar refractivity (Wildman–Crippen MR) is 90.6 cm³/mol. The fourth-order valence-electron chi connectivity index (χ4n) is 2.92. The van der Waals surface area contributed by atoms with Crippen LogP contribution in [0.3, 0.4) is 0 Å². The molecule has 0 saturated heterocycles. The van der Waals surface area contributed by atoms with Crippen LogP contribution in [0.5, 0.6) is 0 Å². The molecule has 1 aliphatic carbocycles. The van der Waals surface area contributed by atoms with Crippen LogP contribution in [0.25, 0.3) is 6.08 Å². The Morgan fingerprint density at radius 2 is 1.82 bits per heavy atom. The molecule has 2 aromatic carbocycles. The van der Waals surface area contributed by atoms with E-state index in [0.717, 1.165) is 24.8 Å². The van der Waals surface area contributed by atoms with E-state index in [1.165, 1.54) is 16.7 Å². The molecular formula is C20H21NO. The first kappa shape index (κ1) is 14.6. The SMILES string of the molecule is Cc1ccc(/C=C/C(=O)NC2CCc3ccccc3C2)cc1. The van der Waals surface area contributed by atoms with Crippen LogP contribution in [-0.2, 0) is 17.6 Å². The minimum absolute atomic E-state index is 0.00930. The van der Waals surface area contributed by atoms with Gasteiger partial charge in [-0.1, -0.05) is 54.1 Å². The molecular weight excluding hydrogens is 270 g/mol. The molecule has 0 bridgehead atoms. The van der Waals surface area contributed by atoms with Crippen molar-refractivity contribution in [1.82, 2.24) is 5.32 Å². The first-order chi connectivity index (χ1) is 10.7. The van der Waals surface area contributed by atoms with E-state index in [9.17, 15) is 4.79 Å². The van der Waals surface area contributed by atoms with Crippen molar-refractivity contribution in [1.29, 1.82) is 0 Å². The van der Waals surface area contributed by atoms with Gasteiger partial charge in [0.05, 0.1) is 0 Å². The van der Waals surface area contributed by atoms with Crippen LogP contribution >= 0.6 is 0 Å². The molecule has 1 N–H and O–H groups in total. The third-order valence-corrected chi connectivity index (χ3v) is 4.20. The molecule has 112 valence electrons. The third-order valence-electron chi connectivity index (χ3n) is 4.20. The highest BCUT2D eigenvalue weighted by atomic mass is 16.1. The lowest BCUT2D eigenvalue weighted by atomic mass is 9.88. The smallest absolute Gasteiger partial charge is 0.244 e. The molecule has 0 heterocycles. The van der Waals surface area contributed by atoms with Gasteiger partial charge in [-0.15, -0.1) is 0 Å². The van der Waals surface area contributed by atoms with Crippen LogP contribution in [0.1, 0.15) is 28.7 Å². The molecule has 0 saturated carbocycles. The molecule has 2 aromatic rings. The lowest BCUT2D eigenvalue weighted by molar-refractivity contribution is -0.117. The number of hydrogen-bond acceptors (Lipinski definition) is 1. The molecule has 1 atom stereocenters. The van der Waals surface area contributed by atoms with Crippen LogP contribution in [0.15, 0.2) is 54.6 Å². The van der Waals surface area contributed by atoms with Crippen molar-refractivity contribution in [3.05, 3.63) is 76.9 Å². The van der Waals surface area contributed by atoms with Gasteiger partial charge in [0.2, 0.25) is 5.91 Å². The topological polar surface area (TPSA) is 29.1 Å². The maximum atomic E-state index is 12.1. The predicted octanol–water partition coefficient (Wildman–Crippen LogP) is 3.68. The van der Waals surface area contributed by atoms with Gasteiger partial charge in [-0.2, -0.15) is 0 Å². The number of rotatable bonds is 3. The molecule has 3 rings (SSSR count). The largest absolute Gasteiger partial charge is 0.349 e. The van der Waals surface area contributed by atoms with Gasteiger partial charge < -0.3 is 5.32 Å². The van der Waals surface area contributed by atoms with Crippen LogP contribution in [0, 0.1) is 6.92 Å². The van der Waals surface area contributed by atoms with Crippen molar-refractivity contribution in [2.75, 3.05) is 0 Å². The molecule has 1 aliphatic rings. The summed E-state index contributed by atoms with van der Waals surface area (Å²) in [6.45, 7) is 2.06. The second-order valence-electron chi connectivity index (χ2n) is 5.96. The van der Waals surface area contributed by atoms with Crippen molar-refractivity contribution >= 4 is 12.0 Å². The van der Waals surface area contributed by atoms with Gasteiger partial charge in [0.1, 0.15) is 0 Å². The fourth-order valence-corrected chi connectivity index (χ4v) is 2.92.